The van der Waals surface area contributed by atoms with Crippen LogP contribution >= 0.6 is 11.8 Å². The van der Waals surface area contributed by atoms with Crippen molar-refractivity contribution >= 4 is 28.6 Å². The SMILES string of the molecule is O=C(NCCCOc1cccc2cccnc12)c1ccccc1SC(F)(F)F. The lowest BCUT2D eigenvalue weighted by Crippen LogP contribution is -2.26. The highest BCUT2D eigenvalue weighted by atomic mass is 32.2. The van der Waals surface area contributed by atoms with E-state index < -0.39 is 11.4 Å². The second kappa shape index (κ2) is 8.97. The van der Waals surface area contributed by atoms with E-state index in [0.717, 1.165) is 10.9 Å². The van der Waals surface area contributed by atoms with Gasteiger partial charge in [0.25, 0.3) is 5.91 Å². The first-order valence-electron chi connectivity index (χ1n) is 8.53. The minimum atomic E-state index is -4.45. The lowest BCUT2D eigenvalue weighted by Gasteiger charge is -2.12. The third-order valence-electron chi connectivity index (χ3n) is 3.82. The number of carbonyl (C=O) groups excluding carboxylic acids is 1. The summed E-state index contributed by atoms with van der Waals surface area (Å²) in [5.74, 6) is 0.107. The van der Waals surface area contributed by atoms with E-state index in [2.05, 4.69) is 10.3 Å². The molecule has 28 heavy (non-hydrogen) atoms. The van der Waals surface area contributed by atoms with Gasteiger partial charge in [-0.15, -0.1) is 0 Å². The molecule has 3 rings (SSSR count). The van der Waals surface area contributed by atoms with Gasteiger partial charge in [0.05, 0.1) is 12.2 Å². The first-order valence-corrected chi connectivity index (χ1v) is 9.35. The Bertz CT molecular complexity index is 958. The molecular formula is C20H17F3N2O2S. The Balaban J connectivity index is 1.51. The second-order valence-corrected chi connectivity index (χ2v) is 6.94. The van der Waals surface area contributed by atoms with Crippen LogP contribution < -0.4 is 10.1 Å². The number of carbonyl (C=O) groups is 1. The van der Waals surface area contributed by atoms with Gasteiger partial charge in [0.1, 0.15) is 11.3 Å². The highest BCUT2D eigenvalue weighted by Crippen LogP contribution is 2.38. The molecule has 0 atom stereocenters. The molecule has 0 aliphatic heterocycles. The lowest BCUT2D eigenvalue weighted by atomic mass is 10.2. The van der Waals surface area contributed by atoms with Crippen molar-refractivity contribution < 1.29 is 22.7 Å². The van der Waals surface area contributed by atoms with E-state index in [1.807, 2.05) is 30.3 Å². The monoisotopic (exact) mass is 406 g/mol. The van der Waals surface area contributed by atoms with Gasteiger partial charge < -0.3 is 10.1 Å². The summed E-state index contributed by atoms with van der Waals surface area (Å²) in [6, 6.07) is 15.1. The van der Waals surface area contributed by atoms with Crippen LogP contribution in [0.3, 0.4) is 0 Å². The molecule has 1 amide bonds. The zero-order valence-electron chi connectivity index (χ0n) is 14.7. The Morgan fingerprint density at radius 3 is 2.68 bits per heavy atom. The Morgan fingerprint density at radius 1 is 1.07 bits per heavy atom. The van der Waals surface area contributed by atoms with Crippen LogP contribution in [0.5, 0.6) is 5.75 Å². The molecule has 0 aliphatic carbocycles. The Labute approximate surface area is 164 Å². The number of hydrogen-bond donors (Lipinski definition) is 1. The molecule has 0 fully saturated rings. The van der Waals surface area contributed by atoms with Crippen molar-refractivity contribution in [2.45, 2.75) is 16.8 Å². The molecule has 8 heteroatoms. The molecule has 0 spiro atoms. The average molecular weight is 406 g/mol. The highest BCUT2D eigenvalue weighted by Gasteiger charge is 2.31. The summed E-state index contributed by atoms with van der Waals surface area (Å²) in [6.45, 7) is 0.622. The Morgan fingerprint density at radius 2 is 1.86 bits per heavy atom. The molecule has 0 saturated carbocycles. The van der Waals surface area contributed by atoms with Gasteiger partial charge in [-0.1, -0.05) is 30.3 Å². The van der Waals surface area contributed by atoms with Crippen molar-refractivity contribution in [3.05, 3.63) is 66.4 Å². The smallest absolute Gasteiger partial charge is 0.446 e. The van der Waals surface area contributed by atoms with Gasteiger partial charge in [0.15, 0.2) is 0 Å². The largest absolute Gasteiger partial charge is 0.491 e. The van der Waals surface area contributed by atoms with Crippen LogP contribution in [-0.2, 0) is 0 Å². The number of rotatable bonds is 7. The fraction of sp³-hybridized carbons (Fsp3) is 0.200. The van der Waals surface area contributed by atoms with Gasteiger partial charge in [-0.25, -0.2) is 0 Å². The molecule has 146 valence electrons. The molecule has 1 heterocycles. The number of alkyl halides is 3. The normalized spacial score (nSPS) is 11.4. The molecule has 1 aromatic heterocycles. The van der Waals surface area contributed by atoms with E-state index in [-0.39, 0.29) is 28.8 Å². The van der Waals surface area contributed by atoms with Crippen molar-refractivity contribution in [1.82, 2.24) is 10.3 Å². The minimum Gasteiger partial charge on any atom is -0.491 e. The predicted molar refractivity (Wildman–Crippen MR) is 103 cm³/mol. The molecular weight excluding hydrogens is 389 g/mol. The van der Waals surface area contributed by atoms with Crippen LogP contribution in [0.2, 0.25) is 0 Å². The van der Waals surface area contributed by atoms with Crippen LogP contribution in [0.25, 0.3) is 10.9 Å². The first-order chi connectivity index (χ1) is 13.4. The van der Waals surface area contributed by atoms with E-state index in [1.54, 1.807) is 6.20 Å². The number of thioether (sulfide) groups is 1. The van der Waals surface area contributed by atoms with Crippen LogP contribution in [0.1, 0.15) is 16.8 Å². The van der Waals surface area contributed by atoms with E-state index in [9.17, 15) is 18.0 Å². The van der Waals surface area contributed by atoms with Gasteiger partial charge >= 0.3 is 5.51 Å². The number of fused-ring (bicyclic) bond motifs is 1. The van der Waals surface area contributed by atoms with Gasteiger partial charge in [-0.2, -0.15) is 13.2 Å². The molecule has 3 aromatic rings. The Kier molecular flexibility index (Phi) is 6.41. The maximum Gasteiger partial charge on any atom is 0.446 e. The zero-order chi connectivity index (χ0) is 20.0. The Hall–Kier alpha value is -2.74. The molecule has 0 saturated heterocycles. The summed E-state index contributed by atoms with van der Waals surface area (Å²) in [6.07, 6.45) is 2.19. The van der Waals surface area contributed by atoms with Crippen LogP contribution in [0, 0.1) is 0 Å². The number of aromatic nitrogens is 1. The average Bonchev–Trinajstić information content (AvgIpc) is 2.67. The van der Waals surface area contributed by atoms with Gasteiger partial charge in [-0.05, 0) is 42.4 Å². The van der Waals surface area contributed by atoms with E-state index in [1.165, 1.54) is 24.3 Å². The fourth-order valence-electron chi connectivity index (χ4n) is 2.61. The molecule has 0 bridgehead atoms. The highest BCUT2D eigenvalue weighted by molar-refractivity contribution is 8.00. The summed E-state index contributed by atoms with van der Waals surface area (Å²) in [5.41, 5.74) is -3.69. The summed E-state index contributed by atoms with van der Waals surface area (Å²) in [5, 5.41) is 3.60. The van der Waals surface area contributed by atoms with Crippen LogP contribution in [-0.4, -0.2) is 29.6 Å². The van der Waals surface area contributed by atoms with E-state index >= 15 is 0 Å². The summed E-state index contributed by atoms with van der Waals surface area (Å²) in [4.78, 5) is 16.4. The number of hydrogen-bond acceptors (Lipinski definition) is 4. The number of nitrogens with one attached hydrogen (secondary N) is 1. The quantitative estimate of drug-likeness (QED) is 0.441. The molecule has 0 unspecified atom stereocenters. The van der Waals surface area contributed by atoms with Gasteiger partial charge in [-0.3, -0.25) is 9.78 Å². The first kappa shape index (κ1) is 20.0. The molecule has 0 radical (unpaired) electrons. The number of pyridine rings is 1. The van der Waals surface area contributed by atoms with Crippen molar-refractivity contribution in [3.63, 3.8) is 0 Å². The number of ether oxygens (including phenoxy) is 1. The topological polar surface area (TPSA) is 51.2 Å². The second-order valence-electron chi connectivity index (χ2n) is 5.83. The number of para-hydroxylation sites is 1. The van der Waals surface area contributed by atoms with Gasteiger partial charge in [0.2, 0.25) is 0 Å². The maximum atomic E-state index is 12.6. The summed E-state index contributed by atoms with van der Waals surface area (Å²) in [7, 11) is 0. The van der Waals surface area contributed by atoms with Crippen LogP contribution in [0.15, 0.2) is 65.7 Å². The third kappa shape index (κ3) is 5.39. The molecule has 1 N–H and O–H groups in total. The standard InChI is InChI=1S/C20H17F3N2O2S/c21-20(22,23)28-17-10-2-1-8-15(17)19(26)25-12-5-13-27-16-9-3-6-14-7-4-11-24-18(14)16/h1-4,6-11H,5,12-13H2,(H,25,26). The molecule has 2 aromatic carbocycles. The van der Waals surface area contributed by atoms with Crippen molar-refractivity contribution in [3.8, 4) is 5.75 Å². The summed E-state index contributed by atoms with van der Waals surface area (Å²) >= 11 is -0.295. The number of amides is 1. The van der Waals surface area contributed by atoms with Crippen molar-refractivity contribution in [2.75, 3.05) is 13.2 Å². The number of benzene rings is 2. The lowest BCUT2D eigenvalue weighted by molar-refractivity contribution is -0.0328. The number of halogens is 3. The maximum absolute atomic E-state index is 12.6. The van der Waals surface area contributed by atoms with Crippen LogP contribution in [0.4, 0.5) is 13.2 Å². The molecule has 0 aliphatic rings. The fourth-order valence-corrected chi connectivity index (χ4v) is 3.28. The van der Waals surface area contributed by atoms with E-state index in [0.29, 0.717) is 18.8 Å². The predicted octanol–water partition coefficient (Wildman–Crippen LogP) is 5.05. The number of nitrogens with zero attached hydrogens (tertiary/aromatic N) is 1. The third-order valence-corrected chi connectivity index (χ3v) is 4.62. The van der Waals surface area contributed by atoms with Crippen molar-refractivity contribution in [1.29, 1.82) is 0 Å². The van der Waals surface area contributed by atoms with Crippen molar-refractivity contribution in [2.24, 2.45) is 0 Å². The van der Waals surface area contributed by atoms with E-state index in [4.69, 9.17) is 4.74 Å². The zero-order valence-corrected chi connectivity index (χ0v) is 15.5. The van der Waals surface area contributed by atoms with Gasteiger partial charge in [0, 0.05) is 23.0 Å². The summed E-state index contributed by atoms with van der Waals surface area (Å²) < 4.78 is 43.6. The minimum absolute atomic E-state index is 0.00370. The molecule has 4 nitrogen and oxygen atoms in total.